The summed E-state index contributed by atoms with van der Waals surface area (Å²) in [5.41, 5.74) is 1.67. The summed E-state index contributed by atoms with van der Waals surface area (Å²) in [4.78, 5) is 14.9. The van der Waals surface area contributed by atoms with Crippen molar-refractivity contribution in [3.8, 4) is 5.75 Å². The van der Waals surface area contributed by atoms with Crippen molar-refractivity contribution in [2.75, 3.05) is 19.6 Å². The predicted molar refractivity (Wildman–Crippen MR) is 113 cm³/mol. The van der Waals surface area contributed by atoms with Gasteiger partial charge in [-0.15, -0.1) is 0 Å². The Morgan fingerprint density at radius 3 is 2.43 bits per heavy atom. The number of carbonyl (C=O) groups excluding carboxylic acids is 1. The van der Waals surface area contributed by atoms with Gasteiger partial charge in [0.05, 0.1) is 0 Å². The number of hydrogen-bond acceptors (Lipinski definition) is 4. The van der Waals surface area contributed by atoms with Crippen molar-refractivity contribution in [3.05, 3.63) is 65.7 Å². The van der Waals surface area contributed by atoms with E-state index < -0.39 is 0 Å². The Labute approximate surface area is 171 Å². The van der Waals surface area contributed by atoms with Crippen molar-refractivity contribution in [2.45, 2.75) is 25.5 Å². The van der Waals surface area contributed by atoms with Crippen molar-refractivity contribution in [1.82, 2.24) is 15.5 Å². The number of carbonyl (C=O) groups is 1. The highest BCUT2D eigenvalue weighted by molar-refractivity contribution is 7.80. The number of ether oxygens (including phenoxy) is 1. The first kappa shape index (κ1) is 18.9. The van der Waals surface area contributed by atoms with Gasteiger partial charge in [0.2, 0.25) is 0 Å². The molecule has 3 saturated heterocycles. The highest BCUT2D eigenvalue weighted by Gasteiger charge is 2.34. The average molecular weight is 396 g/mol. The Balaban J connectivity index is 1.26. The molecule has 3 aliphatic heterocycles. The van der Waals surface area contributed by atoms with Crippen LogP contribution in [0.2, 0.25) is 0 Å². The van der Waals surface area contributed by atoms with E-state index in [0.717, 1.165) is 17.9 Å². The van der Waals surface area contributed by atoms with E-state index in [9.17, 15) is 4.79 Å². The first-order valence-corrected chi connectivity index (χ1v) is 10.2. The Bertz CT molecular complexity index is 817. The summed E-state index contributed by atoms with van der Waals surface area (Å²) < 4.78 is 5.76. The molecule has 0 saturated carbocycles. The van der Waals surface area contributed by atoms with E-state index in [1.807, 2.05) is 42.5 Å². The van der Waals surface area contributed by atoms with Gasteiger partial charge in [-0.1, -0.05) is 30.3 Å². The maximum Gasteiger partial charge on any atom is 0.257 e. The second kappa shape index (κ2) is 8.71. The molecule has 2 aromatic rings. The van der Waals surface area contributed by atoms with Gasteiger partial charge in [0, 0.05) is 18.2 Å². The van der Waals surface area contributed by atoms with E-state index in [-0.39, 0.29) is 5.91 Å². The quantitative estimate of drug-likeness (QED) is 0.763. The van der Waals surface area contributed by atoms with Crippen molar-refractivity contribution in [3.63, 3.8) is 0 Å². The largest absolute Gasteiger partial charge is 0.489 e. The van der Waals surface area contributed by atoms with Crippen LogP contribution in [0, 0.1) is 5.92 Å². The maximum absolute atomic E-state index is 12.5. The SMILES string of the molecule is O=C(NC(=S)NC1CN2CCC1CC2)c1ccc(OCc2ccccc2)cc1. The molecule has 1 unspecified atom stereocenters. The molecular weight excluding hydrogens is 370 g/mol. The molecule has 2 aromatic carbocycles. The minimum Gasteiger partial charge on any atom is -0.489 e. The molecule has 146 valence electrons. The fraction of sp³-hybridized carbons (Fsp3) is 0.364. The molecule has 1 atom stereocenters. The number of nitrogens with zero attached hydrogens (tertiary/aromatic N) is 1. The van der Waals surface area contributed by atoms with Crippen LogP contribution in [0.1, 0.15) is 28.8 Å². The Morgan fingerprint density at radius 1 is 1.07 bits per heavy atom. The summed E-state index contributed by atoms with van der Waals surface area (Å²) in [6, 6.07) is 17.5. The minimum absolute atomic E-state index is 0.201. The summed E-state index contributed by atoms with van der Waals surface area (Å²) in [6.45, 7) is 3.87. The van der Waals surface area contributed by atoms with Crippen LogP contribution in [0.3, 0.4) is 0 Å². The Hall–Kier alpha value is -2.44. The Morgan fingerprint density at radius 2 is 1.79 bits per heavy atom. The van der Waals surface area contributed by atoms with E-state index in [2.05, 4.69) is 15.5 Å². The summed E-state index contributed by atoms with van der Waals surface area (Å²) in [5, 5.41) is 6.55. The molecule has 3 fully saturated rings. The number of thiocarbonyl (C=S) groups is 1. The fourth-order valence-electron chi connectivity index (χ4n) is 3.95. The third-order valence-corrected chi connectivity index (χ3v) is 5.78. The molecule has 2 N–H and O–H groups in total. The summed E-state index contributed by atoms with van der Waals surface area (Å²) >= 11 is 5.36. The number of amides is 1. The molecule has 0 aromatic heterocycles. The van der Waals surface area contributed by atoms with Gasteiger partial charge in [-0.2, -0.15) is 0 Å². The fourth-order valence-corrected chi connectivity index (χ4v) is 4.20. The molecule has 6 heteroatoms. The lowest BCUT2D eigenvalue weighted by Crippen LogP contribution is -2.59. The number of nitrogens with one attached hydrogen (secondary N) is 2. The summed E-state index contributed by atoms with van der Waals surface area (Å²) in [6.07, 6.45) is 2.41. The number of hydrogen-bond donors (Lipinski definition) is 2. The third-order valence-electron chi connectivity index (χ3n) is 5.56. The van der Waals surface area contributed by atoms with E-state index in [1.165, 1.54) is 25.9 Å². The van der Waals surface area contributed by atoms with E-state index in [0.29, 0.717) is 29.2 Å². The van der Waals surface area contributed by atoms with Crippen molar-refractivity contribution >= 4 is 23.2 Å². The molecule has 28 heavy (non-hydrogen) atoms. The van der Waals surface area contributed by atoms with Crippen LogP contribution < -0.4 is 15.4 Å². The predicted octanol–water partition coefficient (Wildman–Crippen LogP) is 2.96. The summed E-state index contributed by atoms with van der Waals surface area (Å²) in [7, 11) is 0. The lowest BCUT2D eigenvalue weighted by atomic mass is 9.84. The van der Waals surface area contributed by atoms with Crippen LogP contribution in [0.4, 0.5) is 0 Å². The number of fused-ring (bicyclic) bond motifs is 3. The first-order valence-electron chi connectivity index (χ1n) is 9.78. The Kier molecular flexibility index (Phi) is 5.88. The van der Waals surface area contributed by atoms with Crippen LogP contribution >= 0.6 is 12.2 Å². The van der Waals surface area contributed by atoms with Crippen LogP contribution in [0.25, 0.3) is 0 Å². The minimum atomic E-state index is -0.201. The molecule has 3 aliphatic rings. The smallest absolute Gasteiger partial charge is 0.257 e. The molecule has 0 radical (unpaired) electrons. The van der Waals surface area contributed by atoms with Crippen LogP contribution in [-0.4, -0.2) is 41.6 Å². The maximum atomic E-state index is 12.5. The monoisotopic (exact) mass is 395 g/mol. The van der Waals surface area contributed by atoms with E-state index in [4.69, 9.17) is 17.0 Å². The molecular formula is C22H25N3O2S. The van der Waals surface area contributed by atoms with E-state index in [1.54, 1.807) is 12.1 Å². The molecule has 2 bridgehead atoms. The van der Waals surface area contributed by atoms with Crippen LogP contribution in [0.15, 0.2) is 54.6 Å². The second-order valence-electron chi connectivity index (χ2n) is 7.47. The van der Waals surface area contributed by atoms with Crippen molar-refractivity contribution in [2.24, 2.45) is 5.92 Å². The molecule has 3 heterocycles. The van der Waals surface area contributed by atoms with Crippen LogP contribution in [0.5, 0.6) is 5.75 Å². The lowest BCUT2D eigenvalue weighted by Gasteiger charge is -2.45. The highest BCUT2D eigenvalue weighted by atomic mass is 32.1. The zero-order valence-corrected chi connectivity index (χ0v) is 16.6. The zero-order chi connectivity index (χ0) is 19.3. The molecule has 5 rings (SSSR count). The molecule has 0 spiro atoms. The third kappa shape index (κ3) is 4.69. The van der Waals surface area contributed by atoms with Gasteiger partial charge in [-0.05, 0) is 73.9 Å². The topological polar surface area (TPSA) is 53.6 Å². The highest BCUT2D eigenvalue weighted by Crippen LogP contribution is 2.27. The van der Waals surface area contributed by atoms with Gasteiger partial charge >= 0.3 is 0 Å². The van der Waals surface area contributed by atoms with Crippen LogP contribution in [-0.2, 0) is 6.61 Å². The van der Waals surface area contributed by atoms with Gasteiger partial charge in [0.15, 0.2) is 5.11 Å². The normalized spacial score (nSPS) is 23.1. The van der Waals surface area contributed by atoms with Gasteiger partial charge in [0.1, 0.15) is 12.4 Å². The molecule has 0 aliphatic carbocycles. The van der Waals surface area contributed by atoms with Gasteiger partial charge in [0.25, 0.3) is 5.91 Å². The standard InChI is InChI=1S/C22H25N3O2S/c26-21(24-22(28)23-20-14-25-12-10-17(20)11-13-25)18-6-8-19(9-7-18)27-15-16-4-2-1-3-5-16/h1-9,17,20H,10-15H2,(H2,23,24,26,28). The average Bonchev–Trinajstić information content (AvgIpc) is 2.74. The van der Waals surface area contributed by atoms with E-state index >= 15 is 0 Å². The molecule has 5 nitrogen and oxygen atoms in total. The lowest BCUT2D eigenvalue weighted by molar-refractivity contribution is 0.0807. The van der Waals surface area contributed by atoms with Gasteiger partial charge in [-0.3, -0.25) is 10.1 Å². The number of rotatable bonds is 5. The summed E-state index contributed by atoms with van der Waals surface area (Å²) in [5.74, 6) is 1.18. The first-order chi connectivity index (χ1) is 13.7. The molecule has 1 amide bonds. The number of piperidine rings is 3. The zero-order valence-electron chi connectivity index (χ0n) is 15.8. The van der Waals surface area contributed by atoms with Gasteiger partial charge in [-0.25, -0.2) is 0 Å². The van der Waals surface area contributed by atoms with Gasteiger partial charge < -0.3 is 15.0 Å². The van der Waals surface area contributed by atoms with Crippen molar-refractivity contribution in [1.29, 1.82) is 0 Å². The van der Waals surface area contributed by atoms with Crippen molar-refractivity contribution < 1.29 is 9.53 Å². The second-order valence-corrected chi connectivity index (χ2v) is 7.88. The number of benzene rings is 2.